The summed E-state index contributed by atoms with van der Waals surface area (Å²) >= 11 is 0. The monoisotopic (exact) mass is 289 g/mol. The molecule has 0 aromatic carbocycles. The lowest BCUT2D eigenvalue weighted by atomic mass is 10.1. The van der Waals surface area contributed by atoms with E-state index in [2.05, 4.69) is 50.9 Å². The normalized spacial score (nSPS) is 14.8. The fourth-order valence-corrected chi connectivity index (χ4v) is 2.87. The summed E-state index contributed by atoms with van der Waals surface area (Å²) in [5.41, 5.74) is 3.90. The quantitative estimate of drug-likeness (QED) is 0.788. The number of anilines is 1. The zero-order valence-corrected chi connectivity index (χ0v) is 14.4. The number of hydrogen-bond acceptors (Lipinski definition) is 3. The van der Waals surface area contributed by atoms with Crippen LogP contribution in [0.4, 0.5) is 5.82 Å². The molecule has 1 saturated carbocycles. The van der Waals surface area contributed by atoms with Gasteiger partial charge in [-0.15, -0.1) is 0 Å². The van der Waals surface area contributed by atoms with Crippen molar-refractivity contribution in [3.8, 4) is 0 Å². The summed E-state index contributed by atoms with van der Waals surface area (Å²) in [7, 11) is 0. The van der Waals surface area contributed by atoms with E-state index < -0.39 is 0 Å². The Balaban J connectivity index is 2.24. The molecule has 0 saturated heterocycles. The van der Waals surface area contributed by atoms with Gasteiger partial charge in [-0.2, -0.15) is 0 Å². The molecule has 0 amide bonds. The van der Waals surface area contributed by atoms with Gasteiger partial charge < -0.3 is 10.2 Å². The molecule has 0 spiro atoms. The van der Waals surface area contributed by atoms with Crippen molar-refractivity contribution in [1.29, 1.82) is 0 Å². The van der Waals surface area contributed by atoms with Crippen molar-refractivity contribution in [3.63, 3.8) is 0 Å². The van der Waals surface area contributed by atoms with Crippen molar-refractivity contribution in [2.75, 3.05) is 18.0 Å². The summed E-state index contributed by atoms with van der Waals surface area (Å²) in [5, 5.41) is 3.59. The lowest BCUT2D eigenvalue weighted by Gasteiger charge is -2.27. The minimum Gasteiger partial charge on any atom is -0.353 e. The van der Waals surface area contributed by atoms with Gasteiger partial charge in [0.2, 0.25) is 0 Å². The molecule has 2 rings (SSSR count). The van der Waals surface area contributed by atoms with E-state index >= 15 is 0 Å². The van der Waals surface area contributed by atoms with Gasteiger partial charge >= 0.3 is 0 Å². The number of pyridine rings is 1. The molecule has 1 aliphatic carbocycles. The lowest BCUT2D eigenvalue weighted by molar-refractivity contribution is 0.550. The minimum absolute atomic E-state index is 0.683. The number of nitrogens with zero attached hydrogens (tertiary/aromatic N) is 2. The van der Waals surface area contributed by atoms with E-state index in [-0.39, 0.29) is 0 Å². The standard InChI is InChI=1S/C18H31N3/c1-6-9-21(16-7-8-16)18-17(12-19-11-13(2)3)14(4)10-15(5)20-18/h10,13,16,19H,6-9,11-12H2,1-5H3. The Hall–Kier alpha value is -1.09. The van der Waals surface area contributed by atoms with Crippen LogP contribution in [0.25, 0.3) is 0 Å². The Labute approximate surface area is 130 Å². The molecule has 21 heavy (non-hydrogen) atoms. The summed E-state index contributed by atoms with van der Waals surface area (Å²) in [4.78, 5) is 7.45. The van der Waals surface area contributed by atoms with Crippen molar-refractivity contribution in [3.05, 3.63) is 22.9 Å². The Morgan fingerprint density at radius 3 is 2.62 bits per heavy atom. The molecule has 0 radical (unpaired) electrons. The van der Waals surface area contributed by atoms with E-state index in [9.17, 15) is 0 Å². The van der Waals surface area contributed by atoms with Crippen molar-refractivity contribution >= 4 is 5.82 Å². The topological polar surface area (TPSA) is 28.2 Å². The number of rotatable bonds is 8. The van der Waals surface area contributed by atoms with E-state index in [1.54, 1.807) is 0 Å². The molecule has 1 aliphatic rings. The molecule has 1 aromatic rings. The highest BCUT2D eigenvalue weighted by Gasteiger charge is 2.31. The van der Waals surface area contributed by atoms with Crippen LogP contribution >= 0.6 is 0 Å². The van der Waals surface area contributed by atoms with Crippen LogP contribution in [0.3, 0.4) is 0 Å². The molecule has 0 bridgehead atoms. The molecule has 118 valence electrons. The third-order valence-corrected chi connectivity index (χ3v) is 4.03. The second-order valence-corrected chi connectivity index (χ2v) is 6.83. The van der Waals surface area contributed by atoms with E-state index in [1.807, 2.05) is 0 Å². The van der Waals surface area contributed by atoms with Gasteiger partial charge in [-0.1, -0.05) is 20.8 Å². The summed E-state index contributed by atoms with van der Waals surface area (Å²) < 4.78 is 0. The average Bonchev–Trinajstić information content (AvgIpc) is 3.22. The predicted molar refractivity (Wildman–Crippen MR) is 90.9 cm³/mol. The molecule has 0 aliphatic heterocycles. The molecular formula is C18H31N3. The Morgan fingerprint density at radius 2 is 2.05 bits per heavy atom. The van der Waals surface area contributed by atoms with Crippen LogP contribution in [-0.2, 0) is 6.54 Å². The predicted octanol–water partition coefficient (Wildman–Crippen LogP) is 3.82. The van der Waals surface area contributed by atoms with Gasteiger partial charge in [-0.3, -0.25) is 0 Å². The van der Waals surface area contributed by atoms with Crippen molar-refractivity contribution in [2.45, 2.75) is 66.5 Å². The second-order valence-electron chi connectivity index (χ2n) is 6.83. The first-order valence-corrected chi connectivity index (χ1v) is 8.47. The third kappa shape index (κ3) is 4.44. The first kappa shape index (κ1) is 16.3. The van der Waals surface area contributed by atoms with Crippen LogP contribution in [0, 0.1) is 19.8 Å². The highest BCUT2D eigenvalue weighted by atomic mass is 15.2. The molecule has 0 atom stereocenters. The summed E-state index contributed by atoms with van der Waals surface area (Å²) in [6, 6.07) is 2.94. The molecule has 0 unspecified atom stereocenters. The van der Waals surface area contributed by atoms with Gasteiger partial charge in [-0.25, -0.2) is 4.98 Å². The van der Waals surface area contributed by atoms with E-state index in [4.69, 9.17) is 4.98 Å². The van der Waals surface area contributed by atoms with E-state index in [1.165, 1.54) is 36.2 Å². The number of aryl methyl sites for hydroxylation is 2. The van der Waals surface area contributed by atoms with Gasteiger partial charge in [0.15, 0.2) is 0 Å². The van der Waals surface area contributed by atoms with Gasteiger partial charge in [0, 0.05) is 30.4 Å². The highest BCUT2D eigenvalue weighted by Crippen LogP contribution is 2.33. The van der Waals surface area contributed by atoms with Crippen molar-refractivity contribution in [2.24, 2.45) is 5.92 Å². The fraction of sp³-hybridized carbons (Fsp3) is 0.722. The van der Waals surface area contributed by atoms with E-state index in [0.717, 1.165) is 31.4 Å². The summed E-state index contributed by atoms with van der Waals surface area (Å²) in [6.45, 7) is 14.2. The minimum atomic E-state index is 0.683. The fourth-order valence-electron chi connectivity index (χ4n) is 2.87. The van der Waals surface area contributed by atoms with Crippen molar-refractivity contribution < 1.29 is 0 Å². The summed E-state index contributed by atoms with van der Waals surface area (Å²) in [5.74, 6) is 1.91. The van der Waals surface area contributed by atoms with Crippen molar-refractivity contribution in [1.82, 2.24) is 10.3 Å². The molecule has 1 N–H and O–H groups in total. The summed E-state index contributed by atoms with van der Waals surface area (Å²) in [6.07, 6.45) is 3.84. The van der Waals surface area contributed by atoms with Crippen LogP contribution in [0.1, 0.15) is 56.9 Å². The lowest BCUT2D eigenvalue weighted by Crippen LogP contribution is -2.30. The largest absolute Gasteiger partial charge is 0.353 e. The molecular weight excluding hydrogens is 258 g/mol. The SMILES string of the molecule is CCCN(c1nc(C)cc(C)c1CNCC(C)C)C1CC1. The second kappa shape index (κ2) is 7.26. The maximum atomic E-state index is 4.90. The Morgan fingerprint density at radius 1 is 1.33 bits per heavy atom. The number of aromatic nitrogens is 1. The van der Waals surface area contributed by atoms with Gasteiger partial charge in [-0.05, 0) is 57.2 Å². The van der Waals surface area contributed by atoms with Gasteiger partial charge in [0.05, 0.1) is 0 Å². The van der Waals surface area contributed by atoms with Gasteiger partial charge in [0.25, 0.3) is 0 Å². The highest BCUT2D eigenvalue weighted by molar-refractivity contribution is 5.53. The number of hydrogen-bond donors (Lipinski definition) is 1. The number of nitrogens with one attached hydrogen (secondary N) is 1. The maximum Gasteiger partial charge on any atom is 0.133 e. The molecule has 3 heteroatoms. The third-order valence-electron chi connectivity index (χ3n) is 4.03. The van der Waals surface area contributed by atoms with Crippen LogP contribution in [-0.4, -0.2) is 24.1 Å². The molecule has 1 aromatic heterocycles. The zero-order chi connectivity index (χ0) is 15.4. The van der Waals surface area contributed by atoms with Gasteiger partial charge in [0.1, 0.15) is 5.82 Å². The van der Waals surface area contributed by atoms with Crippen LogP contribution in [0.2, 0.25) is 0 Å². The Kier molecular flexibility index (Phi) is 5.63. The van der Waals surface area contributed by atoms with Crippen LogP contribution in [0.5, 0.6) is 0 Å². The first-order valence-electron chi connectivity index (χ1n) is 8.47. The Bertz CT molecular complexity index is 464. The maximum absolute atomic E-state index is 4.90. The van der Waals surface area contributed by atoms with Crippen LogP contribution < -0.4 is 10.2 Å². The molecule has 1 heterocycles. The van der Waals surface area contributed by atoms with Crippen LogP contribution in [0.15, 0.2) is 6.07 Å². The molecule has 1 fully saturated rings. The zero-order valence-electron chi connectivity index (χ0n) is 14.4. The molecule has 3 nitrogen and oxygen atoms in total. The smallest absolute Gasteiger partial charge is 0.133 e. The first-order chi connectivity index (χ1) is 10.0. The average molecular weight is 289 g/mol. The van der Waals surface area contributed by atoms with E-state index in [0.29, 0.717) is 5.92 Å².